The Bertz CT molecular complexity index is 354. The van der Waals surface area contributed by atoms with Crippen molar-refractivity contribution in [3.63, 3.8) is 0 Å². The molecule has 2 heteroatoms. The van der Waals surface area contributed by atoms with Crippen LogP contribution in [-0.2, 0) is 0 Å². The first kappa shape index (κ1) is 9.00. The van der Waals surface area contributed by atoms with Gasteiger partial charge in [-0.05, 0) is 24.6 Å². The summed E-state index contributed by atoms with van der Waals surface area (Å²) >= 11 is 0. The van der Waals surface area contributed by atoms with Crippen molar-refractivity contribution in [2.45, 2.75) is 13.3 Å². The number of hydrogen-bond donors (Lipinski definition) is 0. The summed E-state index contributed by atoms with van der Waals surface area (Å²) in [5, 5.41) is 0. The SMILES string of the molecule is CC1C=CCC=C1Oc1cccnc1. The maximum atomic E-state index is 5.71. The molecular formula is C12H13NO. The first-order valence-corrected chi connectivity index (χ1v) is 4.81. The molecule has 0 saturated heterocycles. The molecule has 1 aromatic heterocycles. The van der Waals surface area contributed by atoms with Crippen molar-refractivity contribution >= 4 is 0 Å². The van der Waals surface area contributed by atoms with Crippen LogP contribution in [0.1, 0.15) is 13.3 Å². The topological polar surface area (TPSA) is 22.1 Å². The summed E-state index contributed by atoms with van der Waals surface area (Å²) in [6, 6.07) is 3.79. The van der Waals surface area contributed by atoms with Crippen LogP contribution in [0.4, 0.5) is 0 Å². The number of pyridine rings is 1. The molecule has 1 heterocycles. The number of aromatic nitrogens is 1. The molecule has 1 aliphatic carbocycles. The third-order valence-corrected chi connectivity index (χ3v) is 2.20. The molecule has 72 valence electrons. The number of allylic oxidation sites excluding steroid dienone is 3. The molecule has 0 saturated carbocycles. The van der Waals surface area contributed by atoms with Crippen LogP contribution in [0.3, 0.4) is 0 Å². The van der Waals surface area contributed by atoms with Gasteiger partial charge in [-0.1, -0.05) is 19.1 Å². The molecule has 2 rings (SSSR count). The summed E-state index contributed by atoms with van der Waals surface area (Å²) in [5.41, 5.74) is 0. The number of nitrogens with zero attached hydrogens (tertiary/aromatic N) is 1. The number of ether oxygens (including phenoxy) is 1. The van der Waals surface area contributed by atoms with E-state index in [-0.39, 0.29) is 0 Å². The lowest BCUT2D eigenvalue weighted by Gasteiger charge is -2.16. The fourth-order valence-corrected chi connectivity index (χ4v) is 1.43. The van der Waals surface area contributed by atoms with E-state index in [9.17, 15) is 0 Å². The molecule has 0 fully saturated rings. The average Bonchev–Trinajstić information content (AvgIpc) is 2.23. The fourth-order valence-electron chi connectivity index (χ4n) is 1.43. The Morgan fingerprint density at radius 3 is 3.14 bits per heavy atom. The molecular weight excluding hydrogens is 174 g/mol. The smallest absolute Gasteiger partial charge is 0.145 e. The third-order valence-electron chi connectivity index (χ3n) is 2.20. The Labute approximate surface area is 83.9 Å². The van der Waals surface area contributed by atoms with Crippen LogP contribution in [0.25, 0.3) is 0 Å². The van der Waals surface area contributed by atoms with Gasteiger partial charge in [0.25, 0.3) is 0 Å². The number of hydrogen-bond acceptors (Lipinski definition) is 2. The summed E-state index contributed by atoms with van der Waals surface area (Å²) in [6.45, 7) is 2.12. The van der Waals surface area contributed by atoms with E-state index in [1.54, 1.807) is 12.4 Å². The summed E-state index contributed by atoms with van der Waals surface area (Å²) in [5.74, 6) is 2.19. The van der Waals surface area contributed by atoms with Crippen LogP contribution in [0, 0.1) is 5.92 Å². The molecule has 14 heavy (non-hydrogen) atoms. The van der Waals surface area contributed by atoms with Gasteiger partial charge in [0.1, 0.15) is 11.5 Å². The molecule has 0 N–H and O–H groups in total. The Hall–Kier alpha value is -1.57. The van der Waals surface area contributed by atoms with E-state index in [0.29, 0.717) is 5.92 Å². The van der Waals surface area contributed by atoms with Gasteiger partial charge in [0.15, 0.2) is 0 Å². The quantitative estimate of drug-likeness (QED) is 0.664. The molecule has 1 aromatic rings. The highest BCUT2D eigenvalue weighted by Gasteiger charge is 2.10. The molecule has 2 nitrogen and oxygen atoms in total. The predicted octanol–water partition coefficient (Wildman–Crippen LogP) is 2.94. The maximum Gasteiger partial charge on any atom is 0.145 e. The first-order valence-electron chi connectivity index (χ1n) is 4.81. The zero-order chi connectivity index (χ0) is 9.80. The summed E-state index contributed by atoms with van der Waals surface area (Å²) < 4.78 is 5.71. The van der Waals surface area contributed by atoms with Crippen LogP contribution in [0.5, 0.6) is 5.75 Å². The van der Waals surface area contributed by atoms with E-state index in [1.165, 1.54) is 0 Å². The second-order valence-corrected chi connectivity index (χ2v) is 3.35. The number of rotatable bonds is 2. The summed E-state index contributed by atoms with van der Waals surface area (Å²) in [4.78, 5) is 4.00. The third kappa shape index (κ3) is 2.02. The Morgan fingerprint density at radius 2 is 2.43 bits per heavy atom. The lowest BCUT2D eigenvalue weighted by atomic mass is 10.0. The van der Waals surface area contributed by atoms with Gasteiger partial charge in [0.05, 0.1) is 6.20 Å². The van der Waals surface area contributed by atoms with Crippen molar-refractivity contribution in [1.82, 2.24) is 4.98 Å². The van der Waals surface area contributed by atoms with Crippen molar-refractivity contribution in [3.8, 4) is 5.75 Å². The van der Waals surface area contributed by atoms with Crippen molar-refractivity contribution < 1.29 is 4.74 Å². The predicted molar refractivity (Wildman–Crippen MR) is 55.9 cm³/mol. The van der Waals surface area contributed by atoms with Gasteiger partial charge in [-0.3, -0.25) is 4.98 Å². The molecule has 0 aliphatic heterocycles. The second kappa shape index (κ2) is 4.09. The molecule has 1 unspecified atom stereocenters. The maximum absolute atomic E-state index is 5.71. The van der Waals surface area contributed by atoms with E-state index in [4.69, 9.17) is 4.74 Å². The molecule has 0 bridgehead atoms. The van der Waals surface area contributed by atoms with Crippen LogP contribution in [0.2, 0.25) is 0 Å². The summed E-state index contributed by atoms with van der Waals surface area (Å²) in [6.07, 6.45) is 10.8. The van der Waals surface area contributed by atoms with E-state index < -0.39 is 0 Å². The van der Waals surface area contributed by atoms with Crippen LogP contribution < -0.4 is 4.74 Å². The van der Waals surface area contributed by atoms with Crippen LogP contribution >= 0.6 is 0 Å². The van der Waals surface area contributed by atoms with Crippen molar-refractivity contribution in [2.75, 3.05) is 0 Å². The minimum Gasteiger partial charge on any atom is -0.460 e. The van der Waals surface area contributed by atoms with Crippen molar-refractivity contribution in [3.05, 3.63) is 48.5 Å². The molecule has 0 aromatic carbocycles. The molecule has 0 radical (unpaired) electrons. The van der Waals surface area contributed by atoms with Gasteiger partial charge >= 0.3 is 0 Å². The normalized spacial score (nSPS) is 20.4. The van der Waals surface area contributed by atoms with Gasteiger partial charge in [-0.25, -0.2) is 0 Å². The fraction of sp³-hybridized carbons (Fsp3) is 0.250. The average molecular weight is 187 g/mol. The van der Waals surface area contributed by atoms with Gasteiger partial charge in [0, 0.05) is 12.1 Å². The lowest BCUT2D eigenvalue weighted by molar-refractivity contribution is 0.375. The highest BCUT2D eigenvalue weighted by Crippen LogP contribution is 2.21. The van der Waals surface area contributed by atoms with E-state index in [0.717, 1.165) is 17.9 Å². The van der Waals surface area contributed by atoms with E-state index >= 15 is 0 Å². The van der Waals surface area contributed by atoms with Gasteiger partial charge < -0.3 is 4.74 Å². The van der Waals surface area contributed by atoms with E-state index in [2.05, 4.69) is 30.1 Å². The largest absolute Gasteiger partial charge is 0.460 e. The Balaban J connectivity index is 2.08. The second-order valence-electron chi connectivity index (χ2n) is 3.35. The standard InChI is InChI=1S/C12H13NO/c1-10-5-2-3-7-12(10)14-11-6-4-8-13-9-11/h2,4-10H,3H2,1H3. The zero-order valence-electron chi connectivity index (χ0n) is 8.18. The lowest BCUT2D eigenvalue weighted by Crippen LogP contribution is -2.06. The highest BCUT2D eigenvalue weighted by atomic mass is 16.5. The molecule has 0 spiro atoms. The Morgan fingerprint density at radius 1 is 1.50 bits per heavy atom. The van der Waals surface area contributed by atoms with Crippen molar-refractivity contribution in [1.29, 1.82) is 0 Å². The van der Waals surface area contributed by atoms with Gasteiger partial charge in [0.2, 0.25) is 0 Å². The monoisotopic (exact) mass is 187 g/mol. The molecule has 1 atom stereocenters. The minimum atomic E-state index is 0.365. The molecule has 1 aliphatic rings. The van der Waals surface area contributed by atoms with E-state index in [1.807, 2.05) is 12.1 Å². The van der Waals surface area contributed by atoms with Crippen LogP contribution in [-0.4, -0.2) is 4.98 Å². The minimum absolute atomic E-state index is 0.365. The van der Waals surface area contributed by atoms with Gasteiger partial charge in [-0.2, -0.15) is 0 Å². The zero-order valence-corrected chi connectivity index (χ0v) is 8.18. The highest BCUT2D eigenvalue weighted by molar-refractivity contribution is 5.22. The van der Waals surface area contributed by atoms with Crippen LogP contribution in [0.15, 0.2) is 48.5 Å². The van der Waals surface area contributed by atoms with Gasteiger partial charge in [-0.15, -0.1) is 0 Å². The molecule has 0 amide bonds. The Kier molecular flexibility index (Phi) is 2.63. The first-order chi connectivity index (χ1) is 6.86. The summed E-state index contributed by atoms with van der Waals surface area (Å²) in [7, 11) is 0. The van der Waals surface area contributed by atoms with Crippen molar-refractivity contribution in [2.24, 2.45) is 5.92 Å².